The van der Waals surface area contributed by atoms with E-state index in [2.05, 4.69) is 0 Å². The zero-order valence-electron chi connectivity index (χ0n) is 14.6. The third-order valence-corrected chi connectivity index (χ3v) is 3.93. The maximum atomic E-state index is 12.1. The highest BCUT2D eigenvalue weighted by atomic mass is 16.6. The van der Waals surface area contributed by atoms with Crippen molar-refractivity contribution in [1.82, 2.24) is 0 Å². The number of hydrogen-bond acceptors (Lipinski definition) is 7. The van der Waals surface area contributed by atoms with Gasteiger partial charge in [-0.05, 0) is 12.1 Å². The Morgan fingerprint density at radius 3 is 2.48 bits per heavy atom. The van der Waals surface area contributed by atoms with Gasteiger partial charge in [-0.1, -0.05) is 20.8 Å². The number of rotatable bonds is 5. The van der Waals surface area contributed by atoms with E-state index >= 15 is 0 Å². The zero-order chi connectivity index (χ0) is 18.6. The van der Waals surface area contributed by atoms with E-state index in [1.165, 1.54) is 18.2 Å². The standard InChI is InChI=1S/C17H22N2O6/c1-17(2,3)15(20)11-25-16(21)12-4-5-13(14(10-12)19(22)23)18-6-8-24-9-7-18/h4-5,10H,6-9,11H2,1-3H3. The fraction of sp³-hybridized carbons (Fsp3) is 0.529. The molecule has 2 rings (SSSR count). The van der Waals surface area contributed by atoms with Gasteiger partial charge in [0.2, 0.25) is 0 Å². The molecule has 0 aromatic heterocycles. The predicted molar refractivity (Wildman–Crippen MR) is 90.9 cm³/mol. The first-order valence-corrected chi connectivity index (χ1v) is 8.01. The topological polar surface area (TPSA) is 99.0 Å². The number of carbonyl (C=O) groups excluding carboxylic acids is 2. The molecule has 0 spiro atoms. The Hall–Kier alpha value is -2.48. The monoisotopic (exact) mass is 350 g/mol. The second-order valence-electron chi connectivity index (χ2n) is 6.81. The third kappa shape index (κ3) is 4.76. The number of hydrogen-bond donors (Lipinski definition) is 0. The number of esters is 1. The molecule has 1 aliphatic rings. The fourth-order valence-corrected chi connectivity index (χ4v) is 2.30. The van der Waals surface area contributed by atoms with Crippen molar-refractivity contribution in [2.45, 2.75) is 20.8 Å². The first-order chi connectivity index (χ1) is 11.7. The fourth-order valence-electron chi connectivity index (χ4n) is 2.30. The van der Waals surface area contributed by atoms with E-state index in [9.17, 15) is 19.7 Å². The van der Waals surface area contributed by atoms with Crippen LogP contribution in [-0.4, -0.2) is 49.6 Å². The molecule has 25 heavy (non-hydrogen) atoms. The number of benzene rings is 1. The SMILES string of the molecule is CC(C)(C)C(=O)COC(=O)c1ccc(N2CCOCC2)c([N+](=O)[O-])c1. The molecule has 1 aliphatic heterocycles. The van der Waals surface area contributed by atoms with Crippen LogP contribution >= 0.6 is 0 Å². The molecule has 0 aliphatic carbocycles. The molecular weight excluding hydrogens is 328 g/mol. The second-order valence-corrected chi connectivity index (χ2v) is 6.81. The minimum Gasteiger partial charge on any atom is -0.454 e. The van der Waals surface area contributed by atoms with Crippen molar-refractivity contribution < 1.29 is 24.0 Å². The van der Waals surface area contributed by atoms with Gasteiger partial charge in [0.05, 0.1) is 23.7 Å². The highest BCUT2D eigenvalue weighted by molar-refractivity contribution is 5.94. The van der Waals surface area contributed by atoms with Gasteiger partial charge in [-0.3, -0.25) is 14.9 Å². The highest BCUT2D eigenvalue weighted by Gasteiger charge is 2.25. The molecule has 0 bridgehead atoms. The number of nitro benzene ring substituents is 1. The molecule has 0 unspecified atom stereocenters. The molecule has 1 heterocycles. The molecule has 0 radical (unpaired) electrons. The van der Waals surface area contributed by atoms with Gasteiger partial charge in [0.25, 0.3) is 5.69 Å². The van der Waals surface area contributed by atoms with Crippen molar-refractivity contribution in [3.05, 3.63) is 33.9 Å². The van der Waals surface area contributed by atoms with E-state index in [0.717, 1.165) is 0 Å². The summed E-state index contributed by atoms with van der Waals surface area (Å²) in [5.74, 6) is -0.977. The van der Waals surface area contributed by atoms with Crippen LogP contribution in [0.5, 0.6) is 0 Å². The van der Waals surface area contributed by atoms with Gasteiger partial charge >= 0.3 is 5.97 Å². The van der Waals surface area contributed by atoms with Gasteiger partial charge in [0.15, 0.2) is 12.4 Å². The zero-order valence-corrected chi connectivity index (χ0v) is 14.6. The lowest BCUT2D eigenvalue weighted by molar-refractivity contribution is -0.384. The van der Waals surface area contributed by atoms with Crippen LogP contribution in [0.2, 0.25) is 0 Å². The van der Waals surface area contributed by atoms with Crippen molar-refractivity contribution in [2.75, 3.05) is 37.8 Å². The minimum absolute atomic E-state index is 0.0467. The molecule has 0 N–H and O–H groups in total. The van der Waals surface area contributed by atoms with Crippen molar-refractivity contribution in [3.63, 3.8) is 0 Å². The molecule has 0 atom stereocenters. The Morgan fingerprint density at radius 1 is 1.28 bits per heavy atom. The van der Waals surface area contributed by atoms with Gasteiger partial charge in [0.1, 0.15) is 5.69 Å². The summed E-state index contributed by atoms with van der Waals surface area (Å²) in [4.78, 5) is 36.6. The van der Waals surface area contributed by atoms with Crippen molar-refractivity contribution in [1.29, 1.82) is 0 Å². The summed E-state index contributed by atoms with van der Waals surface area (Å²) in [7, 11) is 0. The molecule has 136 valence electrons. The second kappa shape index (κ2) is 7.60. The molecule has 1 fully saturated rings. The Balaban J connectivity index is 2.16. The lowest BCUT2D eigenvalue weighted by Gasteiger charge is -2.28. The molecule has 8 heteroatoms. The summed E-state index contributed by atoms with van der Waals surface area (Å²) in [5, 5.41) is 11.4. The normalized spacial score (nSPS) is 14.9. The Bertz CT molecular complexity index is 674. The van der Waals surface area contributed by atoms with Gasteiger partial charge in [-0.15, -0.1) is 0 Å². The molecule has 8 nitrogen and oxygen atoms in total. The van der Waals surface area contributed by atoms with Gasteiger partial charge in [0, 0.05) is 24.6 Å². The number of morpholine rings is 1. The minimum atomic E-state index is -0.755. The number of nitrogens with zero attached hydrogens (tertiary/aromatic N) is 2. The average molecular weight is 350 g/mol. The maximum Gasteiger partial charge on any atom is 0.338 e. The maximum absolute atomic E-state index is 12.1. The van der Waals surface area contributed by atoms with E-state index < -0.39 is 16.3 Å². The van der Waals surface area contributed by atoms with Crippen LogP contribution in [0.4, 0.5) is 11.4 Å². The Morgan fingerprint density at radius 2 is 1.92 bits per heavy atom. The van der Waals surface area contributed by atoms with Crippen LogP contribution in [-0.2, 0) is 14.3 Å². The van der Waals surface area contributed by atoms with Gasteiger partial charge < -0.3 is 14.4 Å². The van der Waals surface area contributed by atoms with Crippen LogP contribution in [0.1, 0.15) is 31.1 Å². The van der Waals surface area contributed by atoms with Crippen molar-refractivity contribution >= 4 is 23.1 Å². The van der Waals surface area contributed by atoms with Gasteiger partial charge in [-0.25, -0.2) is 4.79 Å². The molecule has 1 aromatic carbocycles. The lowest BCUT2D eigenvalue weighted by atomic mass is 9.91. The third-order valence-electron chi connectivity index (χ3n) is 3.93. The van der Waals surface area contributed by atoms with Crippen molar-refractivity contribution in [3.8, 4) is 0 Å². The van der Waals surface area contributed by atoms with E-state index in [-0.39, 0.29) is 23.6 Å². The van der Waals surface area contributed by atoms with Gasteiger partial charge in [-0.2, -0.15) is 0 Å². The van der Waals surface area contributed by atoms with E-state index in [1.807, 2.05) is 4.90 Å². The number of ether oxygens (including phenoxy) is 2. The number of nitro groups is 1. The summed E-state index contributed by atoms with van der Waals surface area (Å²) in [6, 6.07) is 4.20. The average Bonchev–Trinajstić information content (AvgIpc) is 2.58. The van der Waals surface area contributed by atoms with Crippen LogP contribution < -0.4 is 4.90 Å². The number of carbonyl (C=O) groups is 2. The van der Waals surface area contributed by atoms with E-state index in [4.69, 9.17) is 9.47 Å². The lowest BCUT2D eigenvalue weighted by Crippen LogP contribution is -2.36. The van der Waals surface area contributed by atoms with E-state index in [0.29, 0.717) is 32.0 Å². The molecule has 1 aromatic rings. The Labute approximate surface area is 145 Å². The first-order valence-electron chi connectivity index (χ1n) is 8.01. The van der Waals surface area contributed by atoms with Crippen LogP contribution in [0, 0.1) is 15.5 Å². The number of Topliss-reactive ketones (excluding diaryl/α,β-unsaturated/α-hetero) is 1. The summed E-state index contributed by atoms with van der Waals surface area (Å²) in [6.07, 6.45) is 0. The Kier molecular flexibility index (Phi) is 5.73. The summed E-state index contributed by atoms with van der Waals surface area (Å²) < 4.78 is 10.2. The molecule has 0 saturated carbocycles. The predicted octanol–water partition coefficient (Wildman–Crippen LogP) is 2.20. The molecule has 1 saturated heterocycles. The molecule has 0 amide bonds. The summed E-state index contributed by atoms with van der Waals surface area (Å²) in [6.45, 7) is 6.91. The van der Waals surface area contributed by atoms with Crippen LogP contribution in [0.25, 0.3) is 0 Å². The quantitative estimate of drug-likeness (QED) is 0.456. The highest BCUT2D eigenvalue weighted by Crippen LogP contribution is 2.30. The van der Waals surface area contributed by atoms with E-state index in [1.54, 1.807) is 20.8 Å². The van der Waals surface area contributed by atoms with Crippen LogP contribution in [0.15, 0.2) is 18.2 Å². The number of anilines is 1. The summed E-state index contributed by atoms with van der Waals surface area (Å²) >= 11 is 0. The largest absolute Gasteiger partial charge is 0.454 e. The molecular formula is C17H22N2O6. The van der Waals surface area contributed by atoms with Crippen molar-refractivity contribution in [2.24, 2.45) is 5.41 Å². The first kappa shape index (κ1) is 18.9. The van der Waals surface area contributed by atoms with Crippen LogP contribution in [0.3, 0.4) is 0 Å². The number of ketones is 1. The smallest absolute Gasteiger partial charge is 0.338 e. The summed E-state index contributed by atoms with van der Waals surface area (Å²) in [5.41, 5.74) is -0.300.